The van der Waals surface area contributed by atoms with Gasteiger partial charge in [0.15, 0.2) is 0 Å². The van der Waals surface area contributed by atoms with Gasteiger partial charge in [0, 0.05) is 23.2 Å². The number of carbonyl (C=O) groups is 1. The summed E-state index contributed by atoms with van der Waals surface area (Å²) >= 11 is 0. The summed E-state index contributed by atoms with van der Waals surface area (Å²) in [6.45, 7) is 8.26. The third-order valence-corrected chi connectivity index (χ3v) is 4.83. The highest BCUT2D eigenvalue weighted by atomic mass is 16.2. The maximum Gasteiger partial charge on any atom is 0.253 e. The van der Waals surface area contributed by atoms with Gasteiger partial charge in [-0.1, -0.05) is 31.2 Å². The van der Waals surface area contributed by atoms with Gasteiger partial charge < -0.3 is 9.88 Å². The van der Waals surface area contributed by atoms with Crippen molar-refractivity contribution in [3.05, 3.63) is 75.1 Å². The maximum absolute atomic E-state index is 12.8. The van der Waals surface area contributed by atoms with Crippen molar-refractivity contribution in [2.75, 3.05) is 4.90 Å². The molecule has 0 aliphatic heterocycles. The summed E-state index contributed by atoms with van der Waals surface area (Å²) in [5.74, 6) is 0.0367. The summed E-state index contributed by atoms with van der Waals surface area (Å²) in [5, 5.41) is 0.971. The minimum atomic E-state index is -0.146. The zero-order valence-corrected chi connectivity index (χ0v) is 16.4. The summed E-state index contributed by atoms with van der Waals surface area (Å²) in [4.78, 5) is 30.2. The van der Waals surface area contributed by atoms with Gasteiger partial charge in [0.2, 0.25) is 5.91 Å². The minimum absolute atomic E-state index is 0.0367. The number of hydrogen-bond donors (Lipinski definition) is 1. The Balaban J connectivity index is 2.06. The quantitative estimate of drug-likeness (QED) is 0.710. The second kappa shape index (κ2) is 7.78. The lowest BCUT2D eigenvalue weighted by Gasteiger charge is -2.25. The Morgan fingerprint density at radius 3 is 2.44 bits per heavy atom. The van der Waals surface area contributed by atoms with Gasteiger partial charge in [-0.25, -0.2) is 0 Å². The Morgan fingerprint density at radius 1 is 1.00 bits per heavy atom. The van der Waals surface area contributed by atoms with Gasteiger partial charge in [0.05, 0.1) is 6.54 Å². The van der Waals surface area contributed by atoms with Crippen LogP contribution >= 0.6 is 0 Å². The lowest BCUT2D eigenvalue weighted by Crippen LogP contribution is -2.33. The predicted octanol–water partition coefficient (Wildman–Crippen LogP) is 4.79. The number of fused-ring (bicyclic) bond motifs is 1. The van der Waals surface area contributed by atoms with Crippen molar-refractivity contribution >= 4 is 22.5 Å². The van der Waals surface area contributed by atoms with Crippen LogP contribution in [-0.4, -0.2) is 10.9 Å². The molecule has 1 heterocycles. The third kappa shape index (κ3) is 4.11. The Kier molecular flexibility index (Phi) is 5.45. The first-order valence-corrected chi connectivity index (χ1v) is 9.39. The van der Waals surface area contributed by atoms with Crippen LogP contribution in [0.4, 0.5) is 5.69 Å². The Hall–Kier alpha value is -2.88. The number of pyridine rings is 1. The van der Waals surface area contributed by atoms with E-state index in [1.165, 1.54) is 0 Å². The Bertz CT molecular complexity index is 1050. The van der Waals surface area contributed by atoms with Gasteiger partial charge in [-0.3, -0.25) is 9.59 Å². The molecule has 4 nitrogen and oxygen atoms in total. The van der Waals surface area contributed by atoms with Crippen LogP contribution in [0, 0.1) is 20.8 Å². The number of rotatable bonds is 5. The normalized spacial score (nSPS) is 11.0. The summed E-state index contributed by atoms with van der Waals surface area (Å²) in [7, 11) is 0. The highest BCUT2D eigenvalue weighted by Crippen LogP contribution is 2.25. The van der Waals surface area contributed by atoms with E-state index in [9.17, 15) is 9.59 Å². The number of nitrogens with zero attached hydrogens (tertiary/aromatic N) is 1. The first-order chi connectivity index (χ1) is 12.9. The van der Waals surface area contributed by atoms with E-state index >= 15 is 0 Å². The summed E-state index contributed by atoms with van der Waals surface area (Å²) in [6.07, 6.45) is 1.23. The molecule has 3 rings (SSSR count). The molecule has 0 radical (unpaired) electrons. The fraction of sp³-hybridized carbons (Fsp3) is 0.304. The van der Waals surface area contributed by atoms with Gasteiger partial charge in [0.25, 0.3) is 5.56 Å². The van der Waals surface area contributed by atoms with E-state index in [-0.39, 0.29) is 18.0 Å². The number of carbonyl (C=O) groups excluding carboxylic acids is 1. The van der Waals surface area contributed by atoms with Crippen molar-refractivity contribution in [2.45, 2.75) is 47.1 Å². The molecule has 0 saturated heterocycles. The molecule has 0 atom stereocenters. The largest absolute Gasteiger partial charge is 0.322 e. The first-order valence-electron chi connectivity index (χ1n) is 9.39. The highest BCUT2D eigenvalue weighted by Gasteiger charge is 2.19. The number of aromatic nitrogens is 1. The monoisotopic (exact) mass is 362 g/mol. The smallest absolute Gasteiger partial charge is 0.253 e. The number of aromatic amines is 1. The zero-order valence-electron chi connectivity index (χ0n) is 16.4. The van der Waals surface area contributed by atoms with Gasteiger partial charge in [-0.05, 0) is 67.5 Å². The van der Waals surface area contributed by atoms with Gasteiger partial charge >= 0.3 is 0 Å². The highest BCUT2D eigenvalue weighted by molar-refractivity contribution is 5.94. The second-order valence-electron chi connectivity index (χ2n) is 7.23. The van der Waals surface area contributed by atoms with Crippen LogP contribution in [0.3, 0.4) is 0 Å². The van der Waals surface area contributed by atoms with Crippen molar-refractivity contribution < 1.29 is 4.79 Å². The van der Waals surface area contributed by atoms with Crippen LogP contribution < -0.4 is 10.5 Å². The number of hydrogen-bond acceptors (Lipinski definition) is 2. The van der Waals surface area contributed by atoms with Crippen LogP contribution in [0.5, 0.6) is 0 Å². The summed E-state index contributed by atoms with van der Waals surface area (Å²) in [6, 6.07) is 13.9. The fourth-order valence-corrected chi connectivity index (χ4v) is 3.31. The molecule has 3 aromatic rings. The molecule has 0 aliphatic rings. The fourth-order valence-electron chi connectivity index (χ4n) is 3.31. The van der Waals surface area contributed by atoms with E-state index in [1.54, 1.807) is 4.90 Å². The molecule has 1 amide bonds. The van der Waals surface area contributed by atoms with Crippen molar-refractivity contribution in [3.8, 4) is 0 Å². The number of anilines is 1. The molecule has 2 aromatic carbocycles. The SMILES string of the molecule is CCCC(=O)N(Cc1cc2ccc(C)cc2[nH]c1=O)c1cc(C)ccc1C. The van der Waals surface area contributed by atoms with Crippen molar-refractivity contribution in [3.63, 3.8) is 0 Å². The average Bonchev–Trinajstić information content (AvgIpc) is 2.62. The van der Waals surface area contributed by atoms with Crippen molar-refractivity contribution in [2.24, 2.45) is 0 Å². The molecular formula is C23H26N2O2. The molecule has 0 spiro atoms. The molecule has 4 heteroatoms. The van der Waals surface area contributed by atoms with Crippen LogP contribution in [0.25, 0.3) is 10.9 Å². The van der Waals surface area contributed by atoms with E-state index in [4.69, 9.17) is 0 Å². The first kappa shape index (κ1) is 18.9. The standard InChI is InChI=1S/C23H26N2O2/c1-5-6-22(26)25(21-12-16(3)7-9-17(21)4)14-19-13-18-10-8-15(2)11-20(18)24-23(19)27/h7-13H,5-6,14H2,1-4H3,(H,24,27). The number of benzene rings is 2. The average molecular weight is 362 g/mol. The summed E-state index contributed by atoms with van der Waals surface area (Å²) in [5.41, 5.74) is 5.36. The van der Waals surface area contributed by atoms with Crippen molar-refractivity contribution in [1.82, 2.24) is 4.98 Å². The zero-order chi connectivity index (χ0) is 19.6. The van der Waals surface area contributed by atoms with E-state index in [2.05, 4.69) is 4.98 Å². The summed E-state index contributed by atoms with van der Waals surface area (Å²) < 4.78 is 0. The van der Waals surface area contributed by atoms with Crippen LogP contribution in [0.15, 0.2) is 47.3 Å². The topological polar surface area (TPSA) is 53.2 Å². The van der Waals surface area contributed by atoms with Gasteiger partial charge in [-0.2, -0.15) is 0 Å². The third-order valence-electron chi connectivity index (χ3n) is 4.83. The molecule has 27 heavy (non-hydrogen) atoms. The molecule has 140 valence electrons. The molecule has 0 unspecified atom stereocenters. The van der Waals surface area contributed by atoms with Crippen LogP contribution in [0.1, 0.15) is 42.0 Å². The molecule has 0 fully saturated rings. The lowest BCUT2D eigenvalue weighted by molar-refractivity contribution is -0.118. The van der Waals surface area contributed by atoms with E-state index in [1.807, 2.05) is 70.2 Å². The number of H-pyrrole nitrogens is 1. The maximum atomic E-state index is 12.8. The predicted molar refractivity (Wildman–Crippen MR) is 111 cm³/mol. The Labute approximate surface area is 159 Å². The van der Waals surface area contributed by atoms with E-state index in [0.29, 0.717) is 12.0 Å². The molecule has 0 saturated carbocycles. The number of aryl methyl sites for hydroxylation is 3. The molecule has 1 aromatic heterocycles. The molecular weight excluding hydrogens is 336 g/mol. The van der Waals surface area contributed by atoms with Gasteiger partial charge in [-0.15, -0.1) is 0 Å². The van der Waals surface area contributed by atoms with E-state index < -0.39 is 0 Å². The van der Waals surface area contributed by atoms with Crippen molar-refractivity contribution in [1.29, 1.82) is 0 Å². The van der Waals surface area contributed by atoms with Crippen LogP contribution in [0.2, 0.25) is 0 Å². The minimum Gasteiger partial charge on any atom is -0.322 e. The van der Waals surface area contributed by atoms with Gasteiger partial charge in [0.1, 0.15) is 0 Å². The Morgan fingerprint density at radius 2 is 1.70 bits per heavy atom. The molecule has 1 N–H and O–H groups in total. The number of nitrogens with one attached hydrogen (secondary N) is 1. The second-order valence-corrected chi connectivity index (χ2v) is 7.23. The molecule has 0 aliphatic carbocycles. The lowest BCUT2D eigenvalue weighted by atomic mass is 10.1. The number of amides is 1. The molecule has 0 bridgehead atoms. The van der Waals surface area contributed by atoms with Crippen LogP contribution in [-0.2, 0) is 11.3 Å². The van der Waals surface area contributed by atoms with E-state index in [0.717, 1.165) is 39.7 Å².